The molecule has 1 atom stereocenters. The van der Waals surface area contributed by atoms with Crippen molar-refractivity contribution in [2.45, 2.75) is 52.3 Å². The molecule has 6 nitrogen and oxygen atoms in total. The van der Waals surface area contributed by atoms with E-state index < -0.39 is 5.38 Å². The van der Waals surface area contributed by atoms with E-state index in [1.807, 2.05) is 44.2 Å². The fraction of sp³-hybridized carbons (Fsp3) is 0.476. The Bertz CT molecular complexity index is 852. The Labute approximate surface area is 171 Å². The van der Waals surface area contributed by atoms with Crippen LogP contribution < -0.4 is 5.32 Å². The lowest BCUT2D eigenvalue weighted by molar-refractivity contribution is -0.133. The number of benzene rings is 1. The van der Waals surface area contributed by atoms with E-state index in [0.717, 1.165) is 16.9 Å². The highest BCUT2D eigenvalue weighted by molar-refractivity contribution is 6.30. The maximum atomic E-state index is 12.6. The number of nitrogens with one attached hydrogen (secondary N) is 1. The fourth-order valence-corrected chi connectivity index (χ4v) is 2.91. The molecule has 2 rings (SSSR count). The van der Waals surface area contributed by atoms with Crippen molar-refractivity contribution in [3.05, 3.63) is 41.6 Å². The minimum atomic E-state index is -0.669. The zero-order valence-electron chi connectivity index (χ0n) is 17.4. The van der Waals surface area contributed by atoms with Crippen molar-refractivity contribution < 1.29 is 9.59 Å². The molecule has 0 radical (unpaired) electrons. The average Bonchev–Trinajstić information content (AvgIpc) is 3.03. The summed E-state index contributed by atoms with van der Waals surface area (Å²) in [5, 5.41) is 6.97. The summed E-state index contributed by atoms with van der Waals surface area (Å²) in [5.74, 6) is 0.0245. The highest BCUT2D eigenvalue weighted by Crippen LogP contribution is 2.27. The molecule has 1 N–H and O–H groups in total. The van der Waals surface area contributed by atoms with Crippen molar-refractivity contribution in [3.63, 3.8) is 0 Å². The summed E-state index contributed by atoms with van der Waals surface area (Å²) in [6, 6.07) is 9.74. The van der Waals surface area contributed by atoms with Gasteiger partial charge in [0, 0.05) is 18.0 Å². The number of alkyl halides is 1. The smallest absolute Gasteiger partial charge is 0.245 e. The largest absolute Gasteiger partial charge is 0.332 e. The second kappa shape index (κ2) is 8.78. The van der Waals surface area contributed by atoms with Crippen LogP contribution >= 0.6 is 11.6 Å². The molecular weight excluding hydrogens is 376 g/mol. The molecule has 1 heterocycles. The molecule has 7 heteroatoms. The van der Waals surface area contributed by atoms with E-state index in [4.69, 9.17) is 16.7 Å². The number of rotatable bonds is 6. The van der Waals surface area contributed by atoms with Gasteiger partial charge in [0.1, 0.15) is 11.2 Å². The molecule has 0 aliphatic heterocycles. The fourth-order valence-electron chi connectivity index (χ4n) is 2.77. The summed E-state index contributed by atoms with van der Waals surface area (Å²) >= 11 is 5.88. The molecule has 0 spiro atoms. The molecule has 0 aliphatic rings. The van der Waals surface area contributed by atoms with Gasteiger partial charge in [0.05, 0.1) is 17.9 Å². The summed E-state index contributed by atoms with van der Waals surface area (Å²) in [4.78, 5) is 26.2. The Morgan fingerprint density at radius 1 is 1.29 bits per heavy atom. The third-order valence-corrected chi connectivity index (χ3v) is 4.64. The van der Waals surface area contributed by atoms with Crippen molar-refractivity contribution in [1.82, 2.24) is 14.7 Å². The second-order valence-electron chi connectivity index (χ2n) is 7.88. The molecule has 152 valence electrons. The molecule has 1 aromatic carbocycles. The first kappa shape index (κ1) is 22.0. The number of carbonyl (C=O) groups excluding carboxylic acids is 2. The van der Waals surface area contributed by atoms with Crippen LogP contribution in [0.2, 0.25) is 0 Å². The van der Waals surface area contributed by atoms with Crippen LogP contribution in [0.4, 0.5) is 5.82 Å². The highest BCUT2D eigenvalue weighted by Gasteiger charge is 2.24. The van der Waals surface area contributed by atoms with E-state index in [0.29, 0.717) is 12.4 Å². The summed E-state index contributed by atoms with van der Waals surface area (Å²) in [7, 11) is 0. The second-order valence-corrected chi connectivity index (χ2v) is 8.53. The van der Waals surface area contributed by atoms with Crippen LogP contribution in [0.25, 0.3) is 5.69 Å². The zero-order valence-corrected chi connectivity index (χ0v) is 18.2. The van der Waals surface area contributed by atoms with E-state index in [9.17, 15) is 9.59 Å². The first-order chi connectivity index (χ1) is 13.0. The first-order valence-electron chi connectivity index (χ1n) is 9.43. The molecule has 0 saturated carbocycles. The van der Waals surface area contributed by atoms with Gasteiger partial charge in [-0.2, -0.15) is 5.10 Å². The summed E-state index contributed by atoms with van der Waals surface area (Å²) in [6.45, 7) is 12.0. The average molecular weight is 405 g/mol. The van der Waals surface area contributed by atoms with Crippen molar-refractivity contribution in [1.29, 1.82) is 0 Å². The Balaban J connectivity index is 2.34. The van der Waals surface area contributed by atoms with Crippen LogP contribution in [0.5, 0.6) is 0 Å². The lowest BCUT2D eigenvalue weighted by Gasteiger charge is -2.21. The van der Waals surface area contributed by atoms with Gasteiger partial charge in [0.15, 0.2) is 0 Å². The number of likely N-dealkylation sites (N-methyl/N-ethyl adjacent to an activating group) is 1. The highest BCUT2D eigenvalue weighted by atomic mass is 35.5. The molecule has 28 heavy (non-hydrogen) atoms. The quantitative estimate of drug-likeness (QED) is 0.742. The van der Waals surface area contributed by atoms with Crippen molar-refractivity contribution in [2.75, 3.05) is 18.4 Å². The van der Waals surface area contributed by atoms with Crippen LogP contribution in [0, 0.1) is 6.92 Å². The van der Waals surface area contributed by atoms with E-state index in [2.05, 4.69) is 26.1 Å². The van der Waals surface area contributed by atoms with Gasteiger partial charge in [-0.25, -0.2) is 4.68 Å². The Morgan fingerprint density at radius 3 is 2.46 bits per heavy atom. The Hall–Kier alpha value is -2.34. The summed E-state index contributed by atoms with van der Waals surface area (Å²) in [5.41, 5.74) is 2.63. The zero-order chi connectivity index (χ0) is 21.1. The van der Waals surface area contributed by atoms with E-state index in [1.165, 1.54) is 4.90 Å². The van der Waals surface area contributed by atoms with E-state index >= 15 is 0 Å². The number of anilines is 1. The number of halogens is 1. The molecule has 2 amide bonds. The Morgan fingerprint density at radius 2 is 1.93 bits per heavy atom. The van der Waals surface area contributed by atoms with Gasteiger partial charge >= 0.3 is 0 Å². The standard InChI is InChI=1S/C21H29ClN4O2/c1-7-25(20(28)15(3)22)13-19(27)23-18-12-17(21(4,5)6)24-26(18)16-11-9-8-10-14(16)2/h8-12,15H,7,13H2,1-6H3,(H,23,27). The summed E-state index contributed by atoms with van der Waals surface area (Å²) in [6.07, 6.45) is 0. The van der Waals surface area contributed by atoms with Gasteiger partial charge in [-0.05, 0) is 32.4 Å². The first-order valence-corrected chi connectivity index (χ1v) is 9.87. The number of hydrogen-bond acceptors (Lipinski definition) is 3. The molecule has 0 aliphatic carbocycles. The number of hydrogen-bond donors (Lipinski definition) is 1. The van der Waals surface area contributed by atoms with Crippen LogP contribution in [-0.4, -0.2) is 45.0 Å². The number of aryl methyl sites for hydroxylation is 1. The molecule has 0 saturated heterocycles. The van der Waals surface area contributed by atoms with Crippen LogP contribution in [-0.2, 0) is 15.0 Å². The Kier molecular flexibility index (Phi) is 6.88. The van der Waals surface area contributed by atoms with Crippen molar-refractivity contribution in [3.8, 4) is 5.69 Å². The monoisotopic (exact) mass is 404 g/mol. The predicted octanol–water partition coefficient (Wildman–Crippen LogP) is 3.89. The van der Waals surface area contributed by atoms with Crippen LogP contribution in [0.3, 0.4) is 0 Å². The third-order valence-electron chi connectivity index (χ3n) is 4.46. The van der Waals surface area contributed by atoms with Crippen LogP contribution in [0.15, 0.2) is 30.3 Å². The molecule has 0 fully saturated rings. The van der Waals surface area contributed by atoms with Gasteiger partial charge in [0.25, 0.3) is 0 Å². The molecule has 2 aromatic rings. The van der Waals surface area contributed by atoms with Gasteiger partial charge < -0.3 is 10.2 Å². The minimum absolute atomic E-state index is 0.0593. The van der Waals surface area contributed by atoms with E-state index in [-0.39, 0.29) is 23.8 Å². The number of para-hydroxylation sites is 1. The molecule has 1 aromatic heterocycles. The van der Waals surface area contributed by atoms with Gasteiger partial charge in [-0.3, -0.25) is 9.59 Å². The maximum absolute atomic E-state index is 12.6. The molecular formula is C21H29ClN4O2. The van der Waals surface area contributed by atoms with Gasteiger partial charge in [-0.1, -0.05) is 39.0 Å². The number of carbonyl (C=O) groups is 2. The topological polar surface area (TPSA) is 67.2 Å². The normalized spacial score (nSPS) is 12.5. The van der Waals surface area contributed by atoms with Crippen molar-refractivity contribution >= 4 is 29.2 Å². The maximum Gasteiger partial charge on any atom is 0.245 e. The third kappa shape index (κ3) is 5.13. The number of amides is 2. The number of nitrogens with zero attached hydrogens (tertiary/aromatic N) is 3. The minimum Gasteiger partial charge on any atom is -0.332 e. The van der Waals surface area contributed by atoms with Gasteiger partial charge in [-0.15, -0.1) is 11.6 Å². The lowest BCUT2D eigenvalue weighted by atomic mass is 9.92. The van der Waals surface area contributed by atoms with Gasteiger partial charge in [0.2, 0.25) is 11.8 Å². The number of aromatic nitrogens is 2. The molecule has 0 bridgehead atoms. The molecule has 1 unspecified atom stereocenters. The van der Waals surface area contributed by atoms with E-state index in [1.54, 1.807) is 11.6 Å². The SMILES string of the molecule is CCN(CC(=O)Nc1cc(C(C)(C)C)nn1-c1ccccc1C)C(=O)C(C)Cl. The lowest BCUT2D eigenvalue weighted by Crippen LogP contribution is -2.41. The van der Waals surface area contributed by atoms with Crippen molar-refractivity contribution in [2.24, 2.45) is 0 Å². The van der Waals surface area contributed by atoms with Crippen LogP contribution in [0.1, 0.15) is 45.9 Å². The summed E-state index contributed by atoms with van der Waals surface area (Å²) < 4.78 is 1.75. The predicted molar refractivity (Wildman–Crippen MR) is 113 cm³/mol.